The van der Waals surface area contributed by atoms with Crippen molar-refractivity contribution in [2.45, 2.75) is 20.8 Å². The minimum atomic E-state index is -0.222. The number of carbonyl (C=O) groups is 1. The molecule has 1 aromatic carbocycles. The van der Waals surface area contributed by atoms with E-state index in [0.29, 0.717) is 19.0 Å². The first-order valence-corrected chi connectivity index (χ1v) is 8.84. The summed E-state index contributed by atoms with van der Waals surface area (Å²) in [4.78, 5) is 16.5. The topological polar surface area (TPSA) is 78.3 Å². The lowest BCUT2D eigenvalue weighted by molar-refractivity contribution is -0.123. The number of hydrogen-bond donors (Lipinski definition) is 1. The standard InChI is InChI=1S/C20H24N4O3/c1-13-7-5-6-8-16(13)26-10-9-21-17(25)12-27-20-18-14(2)11-15(3)22-19(18)24(4)23-20/h5-8,11H,9-10,12H2,1-4H3,(H,21,25). The molecule has 0 atom stereocenters. The maximum Gasteiger partial charge on any atom is 0.258 e. The van der Waals surface area contributed by atoms with Crippen molar-refractivity contribution in [3.8, 4) is 11.6 Å². The fourth-order valence-electron chi connectivity index (χ4n) is 2.90. The molecule has 0 bridgehead atoms. The van der Waals surface area contributed by atoms with E-state index in [1.54, 1.807) is 4.68 Å². The van der Waals surface area contributed by atoms with Crippen molar-refractivity contribution >= 4 is 16.9 Å². The van der Waals surface area contributed by atoms with E-state index in [2.05, 4.69) is 15.4 Å². The Morgan fingerprint density at radius 1 is 1.15 bits per heavy atom. The summed E-state index contributed by atoms with van der Waals surface area (Å²) in [6.07, 6.45) is 0. The van der Waals surface area contributed by atoms with Gasteiger partial charge in [0.1, 0.15) is 12.4 Å². The second-order valence-electron chi connectivity index (χ2n) is 6.46. The van der Waals surface area contributed by atoms with Crippen LogP contribution in [0.25, 0.3) is 11.0 Å². The summed E-state index contributed by atoms with van der Waals surface area (Å²) in [7, 11) is 1.81. The van der Waals surface area contributed by atoms with Crippen LogP contribution in [-0.4, -0.2) is 40.4 Å². The number of aryl methyl sites for hydroxylation is 4. The van der Waals surface area contributed by atoms with E-state index in [0.717, 1.165) is 33.6 Å². The molecule has 0 saturated heterocycles. The number of carbonyl (C=O) groups excluding carboxylic acids is 1. The molecule has 0 spiro atoms. The third-order valence-corrected chi connectivity index (χ3v) is 4.20. The molecule has 142 valence electrons. The largest absolute Gasteiger partial charge is 0.491 e. The summed E-state index contributed by atoms with van der Waals surface area (Å²) in [5, 5.41) is 7.95. The van der Waals surface area contributed by atoms with Crippen LogP contribution in [0, 0.1) is 20.8 Å². The number of hydrogen-bond acceptors (Lipinski definition) is 5. The van der Waals surface area contributed by atoms with E-state index in [1.807, 2.05) is 58.2 Å². The third kappa shape index (κ3) is 4.36. The van der Waals surface area contributed by atoms with Crippen LogP contribution in [-0.2, 0) is 11.8 Å². The van der Waals surface area contributed by atoms with E-state index in [-0.39, 0.29) is 12.5 Å². The van der Waals surface area contributed by atoms with Gasteiger partial charge in [-0.15, -0.1) is 5.10 Å². The minimum absolute atomic E-state index is 0.107. The first-order chi connectivity index (χ1) is 13.0. The van der Waals surface area contributed by atoms with Crippen molar-refractivity contribution < 1.29 is 14.3 Å². The second kappa shape index (κ2) is 8.07. The summed E-state index contributed by atoms with van der Waals surface area (Å²) in [6, 6.07) is 9.74. The lowest BCUT2D eigenvalue weighted by Gasteiger charge is -2.10. The zero-order valence-electron chi connectivity index (χ0n) is 16.1. The Bertz CT molecular complexity index is 965. The van der Waals surface area contributed by atoms with Gasteiger partial charge in [0.05, 0.1) is 11.9 Å². The molecule has 1 amide bonds. The van der Waals surface area contributed by atoms with Gasteiger partial charge in [-0.2, -0.15) is 0 Å². The lowest BCUT2D eigenvalue weighted by Crippen LogP contribution is -2.32. The average molecular weight is 368 g/mol. The van der Waals surface area contributed by atoms with Gasteiger partial charge in [-0.05, 0) is 44.0 Å². The van der Waals surface area contributed by atoms with E-state index >= 15 is 0 Å². The van der Waals surface area contributed by atoms with Gasteiger partial charge >= 0.3 is 0 Å². The van der Waals surface area contributed by atoms with Gasteiger partial charge in [-0.3, -0.25) is 4.79 Å². The first-order valence-electron chi connectivity index (χ1n) is 8.84. The number of nitrogens with one attached hydrogen (secondary N) is 1. The zero-order chi connectivity index (χ0) is 19.4. The lowest BCUT2D eigenvalue weighted by atomic mass is 10.2. The first kappa shape index (κ1) is 18.7. The predicted molar refractivity (Wildman–Crippen MR) is 103 cm³/mol. The predicted octanol–water partition coefficient (Wildman–Crippen LogP) is 2.47. The summed E-state index contributed by atoms with van der Waals surface area (Å²) in [5.41, 5.74) is 3.75. The zero-order valence-corrected chi connectivity index (χ0v) is 16.1. The van der Waals surface area contributed by atoms with Gasteiger partial charge < -0.3 is 14.8 Å². The molecule has 0 fully saturated rings. The van der Waals surface area contributed by atoms with Crippen LogP contribution in [0.3, 0.4) is 0 Å². The summed E-state index contributed by atoms with van der Waals surface area (Å²) >= 11 is 0. The molecule has 27 heavy (non-hydrogen) atoms. The van der Waals surface area contributed by atoms with E-state index in [9.17, 15) is 4.79 Å². The number of para-hydroxylation sites is 1. The fraction of sp³-hybridized carbons (Fsp3) is 0.350. The molecule has 7 heteroatoms. The maximum atomic E-state index is 12.0. The van der Waals surface area contributed by atoms with Crippen molar-refractivity contribution in [1.82, 2.24) is 20.1 Å². The maximum absolute atomic E-state index is 12.0. The molecule has 0 unspecified atom stereocenters. The molecule has 0 aliphatic rings. The smallest absolute Gasteiger partial charge is 0.258 e. The third-order valence-electron chi connectivity index (χ3n) is 4.20. The quantitative estimate of drug-likeness (QED) is 0.648. The molecule has 3 aromatic rings. The van der Waals surface area contributed by atoms with Crippen LogP contribution < -0.4 is 14.8 Å². The molecule has 0 aliphatic heterocycles. The van der Waals surface area contributed by atoms with Gasteiger partial charge in [0.2, 0.25) is 5.88 Å². The van der Waals surface area contributed by atoms with Crippen LogP contribution >= 0.6 is 0 Å². The van der Waals surface area contributed by atoms with Crippen LogP contribution in [0.4, 0.5) is 0 Å². The van der Waals surface area contributed by atoms with E-state index in [1.165, 1.54) is 0 Å². The van der Waals surface area contributed by atoms with Crippen molar-refractivity contribution in [2.75, 3.05) is 19.8 Å². The number of rotatable bonds is 7. The van der Waals surface area contributed by atoms with Crippen LogP contribution in [0.5, 0.6) is 11.6 Å². The summed E-state index contributed by atoms with van der Waals surface area (Å²) < 4.78 is 13.0. The van der Waals surface area contributed by atoms with Crippen LogP contribution in [0.1, 0.15) is 16.8 Å². The number of fused-ring (bicyclic) bond motifs is 1. The number of benzene rings is 1. The molecular weight excluding hydrogens is 344 g/mol. The molecule has 7 nitrogen and oxygen atoms in total. The fourth-order valence-corrected chi connectivity index (χ4v) is 2.90. The van der Waals surface area contributed by atoms with Gasteiger partial charge in [-0.1, -0.05) is 18.2 Å². The Morgan fingerprint density at radius 2 is 1.93 bits per heavy atom. The highest BCUT2D eigenvalue weighted by Crippen LogP contribution is 2.26. The van der Waals surface area contributed by atoms with Crippen LogP contribution in [0.2, 0.25) is 0 Å². The number of aromatic nitrogens is 3. The van der Waals surface area contributed by atoms with Gasteiger partial charge in [0, 0.05) is 12.7 Å². The Morgan fingerprint density at radius 3 is 2.70 bits per heavy atom. The summed E-state index contributed by atoms with van der Waals surface area (Å²) in [6.45, 7) is 6.59. The highest BCUT2D eigenvalue weighted by molar-refractivity contribution is 5.85. The monoisotopic (exact) mass is 368 g/mol. The van der Waals surface area contributed by atoms with Crippen molar-refractivity contribution in [2.24, 2.45) is 7.05 Å². The number of ether oxygens (including phenoxy) is 2. The molecular formula is C20H24N4O3. The molecule has 1 N–H and O–H groups in total. The van der Waals surface area contributed by atoms with Gasteiger partial charge in [0.25, 0.3) is 5.91 Å². The molecule has 0 aliphatic carbocycles. The molecule has 2 aromatic heterocycles. The van der Waals surface area contributed by atoms with E-state index < -0.39 is 0 Å². The highest BCUT2D eigenvalue weighted by Gasteiger charge is 2.15. The van der Waals surface area contributed by atoms with E-state index in [4.69, 9.17) is 9.47 Å². The number of nitrogens with zero attached hydrogens (tertiary/aromatic N) is 3. The van der Waals surface area contributed by atoms with Crippen LogP contribution in [0.15, 0.2) is 30.3 Å². The number of amides is 1. The normalized spacial score (nSPS) is 10.8. The second-order valence-corrected chi connectivity index (χ2v) is 6.46. The summed E-state index contributed by atoms with van der Waals surface area (Å²) in [5.74, 6) is 1.02. The number of pyridine rings is 1. The van der Waals surface area contributed by atoms with Crippen molar-refractivity contribution in [3.63, 3.8) is 0 Å². The minimum Gasteiger partial charge on any atom is -0.491 e. The Balaban J connectivity index is 1.51. The highest BCUT2D eigenvalue weighted by atomic mass is 16.5. The molecule has 0 saturated carbocycles. The van der Waals surface area contributed by atoms with Gasteiger partial charge in [0.15, 0.2) is 12.3 Å². The van der Waals surface area contributed by atoms with Gasteiger partial charge in [-0.25, -0.2) is 9.67 Å². The molecule has 0 radical (unpaired) electrons. The molecule has 3 rings (SSSR count). The Kier molecular flexibility index (Phi) is 5.59. The molecule has 2 heterocycles. The van der Waals surface area contributed by atoms with Crippen molar-refractivity contribution in [3.05, 3.63) is 47.2 Å². The van der Waals surface area contributed by atoms with Crippen molar-refractivity contribution in [1.29, 1.82) is 0 Å². The Hall–Kier alpha value is -3.09. The SMILES string of the molecule is Cc1cc(C)c2c(OCC(=O)NCCOc3ccccc3C)nn(C)c2n1. The average Bonchev–Trinajstić information content (AvgIpc) is 2.94. The Labute approximate surface area is 158 Å².